The number of hydrogen-bond donors (Lipinski definition) is 6. The first-order valence-electron chi connectivity index (χ1n) is 15.1. The van der Waals surface area contributed by atoms with E-state index >= 15 is 0 Å². The molecule has 1 fully saturated rings. The molecule has 1 aliphatic rings. The largest absolute Gasteiger partial charge is 0.481 e. The minimum atomic E-state index is -3.87. The highest BCUT2D eigenvalue weighted by Gasteiger charge is 2.44. The molecule has 1 aromatic carbocycles. The number of nitrogens with zero attached hydrogens (tertiary/aromatic N) is 2. The number of likely N-dealkylation sites (tertiary alicyclic amines) is 1. The van der Waals surface area contributed by atoms with E-state index in [9.17, 15) is 31.6 Å². The Labute approximate surface area is 286 Å². The summed E-state index contributed by atoms with van der Waals surface area (Å²) in [5.74, 6) is -5.46. The number of aliphatic carboxylic acids is 3. The van der Waals surface area contributed by atoms with Crippen LogP contribution in [0, 0.1) is 23.3 Å². The normalized spacial score (nSPS) is 16.9. The minimum Gasteiger partial charge on any atom is -0.481 e. The lowest BCUT2D eigenvalue weighted by Gasteiger charge is -2.38. The molecule has 0 aliphatic carbocycles. The Balaban J connectivity index is 0.000000425. The van der Waals surface area contributed by atoms with Gasteiger partial charge in [0.15, 0.2) is 10.7 Å². The van der Waals surface area contributed by atoms with Crippen molar-refractivity contribution in [3.05, 3.63) is 81.8 Å². The molecule has 17 heteroatoms. The summed E-state index contributed by atoms with van der Waals surface area (Å²) in [6.45, 7) is 7.98. The standard InChI is InChI=1S/C26H32F2N4O2S2.C6H8O7/c1-19-4-5-20(16-29-19)25(2,3)32-15-14-26(18-32,13-12-23-10-11-24(28)35-23)17-30-36(33,34)31-22-8-6-21(27)7-9-22;7-3(8)1-6(13,5(11)12)2-4(9)10/h4-11,16,30-31H,12-15,17-18H2,1-3H3;13H,1-2H2,(H,7,8)(H,9,10)(H,11,12)/t26-;/m0./s1. The fourth-order valence-corrected chi connectivity index (χ4v) is 7.15. The van der Waals surface area contributed by atoms with Crippen LogP contribution in [0.15, 0.2) is 54.7 Å². The topological polar surface area (TPSA) is 206 Å². The van der Waals surface area contributed by atoms with Gasteiger partial charge in [0.1, 0.15) is 5.82 Å². The monoisotopic (exact) mass is 726 g/mol. The van der Waals surface area contributed by atoms with Gasteiger partial charge in [-0.05, 0) is 100 Å². The molecule has 2 aromatic heterocycles. The molecule has 0 radical (unpaired) electrons. The maximum Gasteiger partial charge on any atom is 0.336 e. The molecule has 4 rings (SSSR count). The number of benzene rings is 1. The average molecular weight is 727 g/mol. The molecule has 49 heavy (non-hydrogen) atoms. The Bertz CT molecular complexity index is 1700. The Morgan fingerprint density at radius 2 is 1.63 bits per heavy atom. The lowest BCUT2D eigenvalue weighted by Crippen LogP contribution is -2.45. The minimum absolute atomic E-state index is 0.218. The second-order valence-electron chi connectivity index (χ2n) is 12.5. The fraction of sp³-hybridized carbons (Fsp3) is 0.438. The number of carboxylic acids is 3. The summed E-state index contributed by atoms with van der Waals surface area (Å²) in [6.07, 6.45) is 1.79. The van der Waals surface area contributed by atoms with Crippen LogP contribution in [0.4, 0.5) is 14.5 Å². The average Bonchev–Trinajstić information content (AvgIpc) is 3.63. The van der Waals surface area contributed by atoms with Crippen LogP contribution < -0.4 is 9.44 Å². The van der Waals surface area contributed by atoms with Crippen LogP contribution in [0.5, 0.6) is 0 Å². The number of anilines is 1. The summed E-state index contributed by atoms with van der Waals surface area (Å²) in [4.78, 5) is 38.3. The van der Waals surface area contributed by atoms with Crippen LogP contribution in [0.25, 0.3) is 0 Å². The molecule has 0 unspecified atom stereocenters. The summed E-state index contributed by atoms with van der Waals surface area (Å²) in [5.41, 5.74) is -1.03. The number of carboxylic acid groups (broad SMARTS) is 3. The maximum absolute atomic E-state index is 13.6. The summed E-state index contributed by atoms with van der Waals surface area (Å²) in [7, 11) is -3.87. The van der Waals surface area contributed by atoms with Crippen molar-refractivity contribution in [2.45, 2.75) is 64.0 Å². The third-order valence-corrected chi connectivity index (χ3v) is 10.4. The van der Waals surface area contributed by atoms with Gasteiger partial charge < -0.3 is 20.4 Å². The van der Waals surface area contributed by atoms with E-state index in [0.717, 1.165) is 40.4 Å². The van der Waals surface area contributed by atoms with Gasteiger partial charge in [-0.2, -0.15) is 17.5 Å². The van der Waals surface area contributed by atoms with Gasteiger partial charge in [0.05, 0.1) is 12.8 Å². The SMILES string of the molecule is Cc1ccc(C(C)(C)N2CC[C@@](CCc3ccc(F)s3)(CNS(=O)(=O)Nc3ccc(F)cc3)C2)cn1.O=C(O)CC(O)(CC(=O)O)C(=O)O. The third-order valence-electron chi connectivity index (χ3n) is 8.40. The smallest absolute Gasteiger partial charge is 0.336 e. The number of pyridine rings is 1. The van der Waals surface area contributed by atoms with Gasteiger partial charge in [0.2, 0.25) is 0 Å². The van der Waals surface area contributed by atoms with Crippen molar-refractivity contribution in [2.75, 3.05) is 24.4 Å². The lowest BCUT2D eigenvalue weighted by molar-refractivity contribution is -0.170. The maximum atomic E-state index is 13.6. The number of hydrogen-bond acceptors (Lipinski definition) is 9. The van der Waals surface area contributed by atoms with Crippen LogP contribution in [0.1, 0.15) is 55.7 Å². The first kappa shape index (κ1) is 39.4. The number of aliphatic hydroxyl groups is 1. The molecular formula is C32H40F2N4O9S2. The molecule has 6 N–H and O–H groups in total. The fourth-order valence-electron chi connectivity index (χ4n) is 5.41. The van der Waals surface area contributed by atoms with E-state index in [0.29, 0.717) is 19.4 Å². The quantitative estimate of drug-likeness (QED) is 0.132. The molecule has 3 aromatic rings. The van der Waals surface area contributed by atoms with Gasteiger partial charge >= 0.3 is 17.9 Å². The predicted molar refractivity (Wildman–Crippen MR) is 177 cm³/mol. The summed E-state index contributed by atoms with van der Waals surface area (Å²) in [5, 5.41) is 33.6. The highest BCUT2D eigenvalue weighted by molar-refractivity contribution is 7.90. The van der Waals surface area contributed by atoms with Crippen molar-refractivity contribution in [2.24, 2.45) is 5.41 Å². The van der Waals surface area contributed by atoms with E-state index in [1.54, 1.807) is 6.07 Å². The number of aromatic nitrogens is 1. The number of aryl methyl sites for hydroxylation is 2. The van der Waals surface area contributed by atoms with Crippen LogP contribution >= 0.6 is 11.3 Å². The zero-order valence-corrected chi connectivity index (χ0v) is 28.8. The molecule has 0 amide bonds. The summed E-state index contributed by atoms with van der Waals surface area (Å²) in [6, 6.07) is 12.5. The molecule has 1 atom stereocenters. The van der Waals surface area contributed by atoms with E-state index in [4.69, 9.17) is 20.4 Å². The van der Waals surface area contributed by atoms with Crippen molar-refractivity contribution in [1.82, 2.24) is 14.6 Å². The van der Waals surface area contributed by atoms with Gasteiger partial charge in [-0.25, -0.2) is 9.18 Å². The Morgan fingerprint density at radius 3 is 2.14 bits per heavy atom. The molecule has 1 aliphatic heterocycles. The molecule has 268 valence electrons. The number of rotatable bonds is 15. The Morgan fingerprint density at radius 1 is 1.00 bits per heavy atom. The van der Waals surface area contributed by atoms with Gasteiger partial charge in [-0.15, -0.1) is 11.3 Å². The first-order valence-corrected chi connectivity index (χ1v) is 17.4. The second-order valence-corrected chi connectivity index (χ2v) is 15.2. The number of nitrogens with one attached hydrogen (secondary N) is 2. The van der Waals surface area contributed by atoms with Crippen LogP contribution in [-0.2, 0) is 36.6 Å². The number of halogens is 2. The molecule has 3 heterocycles. The van der Waals surface area contributed by atoms with Gasteiger partial charge in [0.25, 0.3) is 10.2 Å². The number of carbonyl (C=O) groups is 3. The van der Waals surface area contributed by atoms with Crippen molar-refractivity contribution >= 4 is 45.1 Å². The molecule has 0 bridgehead atoms. The third kappa shape index (κ3) is 11.5. The highest BCUT2D eigenvalue weighted by atomic mass is 32.2. The van der Waals surface area contributed by atoms with Crippen molar-refractivity contribution < 1.29 is 52.0 Å². The van der Waals surface area contributed by atoms with E-state index in [-0.39, 0.29) is 28.3 Å². The molecule has 0 spiro atoms. The predicted octanol–water partition coefficient (Wildman–Crippen LogP) is 3.99. The molecule has 13 nitrogen and oxygen atoms in total. The van der Waals surface area contributed by atoms with Crippen LogP contribution in [-0.4, -0.2) is 81.9 Å². The summed E-state index contributed by atoms with van der Waals surface area (Å²) < 4.78 is 57.6. The van der Waals surface area contributed by atoms with Gasteiger partial charge in [-0.1, -0.05) is 6.07 Å². The van der Waals surface area contributed by atoms with Gasteiger partial charge in [0, 0.05) is 41.1 Å². The van der Waals surface area contributed by atoms with E-state index < -0.39 is 52.4 Å². The van der Waals surface area contributed by atoms with E-state index in [1.807, 2.05) is 19.2 Å². The molecular weight excluding hydrogens is 687 g/mol. The second kappa shape index (κ2) is 16.1. The first-order chi connectivity index (χ1) is 22.7. The van der Waals surface area contributed by atoms with E-state index in [1.165, 1.54) is 30.3 Å². The molecule has 1 saturated heterocycles. The lowest BCUT2D eigenvalue weighted by atomic mass is 9.82. The van der Waals surface area contributed by atoms with Crippen molar-refractivity contribution in [3.8, 4) is 0 Å². The van der Waals surface area contributed by atoms with Crippen LogP contribution in [0.2, 0.25) is 0 Å². The zero-order valence-electron chi connectivity index (χ0n) is 27.1. The zero-order chi connectivity index (χ0) is 36.6. The van der Waals surface area contributed by atoms with E-state index in [2.05, 4.69) is 39.2 Å². The van der Waals surface area contributed by atoms with Crippen molar-refractivity contribution in [1.29, 1.82) is 0 Å². The Hall–Kier alpha value is -4.03. The van der Waals surface area contributed by atoms with Gasteiger partial charge in [-0.3, -0.25) is 24.2 Å². The van der Waals surface area contributed by atoms with Crippen LogP contribution in [0.3, 0.4) is 0 Å². The molecule has 0 saturated carbocycles. The highest BCUT2D eigenvalue weighted by Crippen LogP contribution is 2.41. The number of thiophene rings is 1. The van der Waals surface area contributed by atoms with Crippen molar-refractivity contribution in [3.63, 3.8) is 0 Å². The summed E-state index contributed by atoms with van der Waals surface area (Å²) >= 11 is 1.13. The Kier molecular flexibility index (Phi) is 13.0.